The van der Waals surface area contributed by atoms with Crippen LogP contribution >= 0.6 is 0 Å². The van der Waals surface area contributed by atoms with Gasteiger partial charge >= 0.3 is 0 Å². The molecule has 17 heavy (non-hydrogen) atoms. The molecule has 0 aromatic heterocycles. The van der Waals surface area contributed by atoms with Crippen molar-refractivity contribution in [2.75, 3.05) is 18.6 Å². The first-order valence-corrected chi connectivity index (χ1v) is 5.92. The molecule has 0 bridgehead atoms. The van der Waals surface area contributed by atoms with Crippen molar-refractivity contribution < 1.29 is 0 Å². The van der Waals surface area contributed by atoms with E-state index < -0.39 is 0 Å². The van der Waals surface area contributed by atoms with Gasteiger partial charge in [-0.1, -0.05) is 36.4 Å². The Bertz CT molecular complexity index is 586. The minimum atomic E-state index is 0.950. The summed E-state index contributed by atoms with van der Waals surface area (Å²) >= 11 is 0. The van der Waals surface area contributed by atoms with Gasteiger partial charge in [-0.25, -0.2) is 0 Å². The minimum Gasteiger partial charge on any atom is -0.296 e. The van der Waals surface area contributed by atoms with Crippen LogP contribution in [0.25, 0.3) is 10.8 Å². The van der Waals surface area contributed by atoms with Crippen LogP contribution in [0.4, 0.5) is 5.69 Å². The Morgan fingerprint density at radius 1 is 1.06 bits per heavy atom. The molecule has 86 valence electrons. The molecule has 2 aromatic rings. The van der Waals surface area contributed by atoms with E-state index in [1.165, 1.54) is 22.0 Å². The van der Waals surface area contributed by atoms with E-state index in [9.17, 15) is 0 Å². The molecule has 0 fully saturated rings. The molecule has 0 atom stereocenters. The first kappa shape index (κ1) is 10.2. The smallest absolute Gasteiger partial charge is 0.0685 e. The van der Waals surface area contributed by atoms with Gasteiger partial charge in [-0.15, -0.1) is 0 Å². The molecule has 0 saturated heterocycles. The molecule has 1 aliphatic heterocycles. The molecule has 0 unspecified atom stereocenters. The summed E-state index contributed by atoms with van der Waals surface area (Å²) in [5.41, 5.74) is 2.63. The van der Waals surface area contributed by atoms with Crippen molar-refractivity contribution in [2.45, 2.75) is 6.92 Å². The highest BCUT2D eigenvalue weighted by Gasteiger charge is 2.17. The van der Waals surface area contributed by atoms with Crippen LogP contribution in [0.2, 0.25) is 0 Å². The van der Waals surface area contributed by atoms with Gasteiger partial charge in [-0.05, 0) is 23.9 Å². The fraction of sp³-hybridized carbons (Fsp3) is 0.200. The number of hydrazine groups is 1. The summed E-state index contributed by atoms with van der Waals surface area (Å²) in [6.45, 7) is 3.12. The molecule has 0 radical (unpaired) electrons. The van der Waals surface area contributed by atoms with Gasteiger partial charge in [0.2, 0.25) is 0 Å². The molecule has 1 aliphatic rings. The number of aryl methyl sites for hydroxylation is 1. The van der Waals surface area contributed by atoms with Crippen molar-refractivity contribution in [3.8, 4) is 0 Å². The summed E-state index contributed by atoms with van der Waals surface area (Å²) in [4.78, 5) is 0. The predicted octanol–water partition coefficient (Wildman–Crippen LogP) is 3.33. The molecule has 2 aromatic carbocycles. The molecule has 2 heteroatoms. The Morgan fingerprint density at radius 2 is 1.88 bits per heavy atom. The van der Waals surface area contributed by atoms with Gasteiger partial charge in [0.1, 0.15) is 0 Å². The van der Waals surface area contributed by atoms with E-state index in [0.717, 1.165) is 6.54 Å². The highest BCUT2D eigenvalue weighted by molar-refractivity contribution is 5.95. The average Bonchev–Trinajstić information content (AvgIpc) is 2.75. The summed E-state index contributed by atoms with van der Waals surface area (Å²) in [6.07, 6.45) is 4.29. The topological polar surface area (TPSA) is 6.48 Å². The number of rotatable bonds is 1. The maximum Gasteiger partial charge on any atom is 0.0685 e. The standard InChI is InChI=1S/C15H16N2/c1-12-8-9-13-6-3-4-7-14(13)15(12)17-11-5-10-16(17)2/h3-10H,11H2,1-2H3. The van der Waals surface area contributed by atoms with Gasteiger partial charge in [0, 0.05) is 18.6 Å². The van der Waals surface area contributed by atoms with Crippen LogP contribution < -0.4 is 5.01 Å². The third-order valence-corrected chi connectivity index (χ3v) is 3.34. The van der Waals surface area contributed by atoms with E-state index in [1.54, 1.807) is 0 Å². The van der Waals surface area contributed by atoms with Gasteiger partial charge in [-0.2, -0.15) is 0 Å². The largest absolute Gasteiger partial charge is 0.296 e. The number of hydrogen-bond donors (Lipinski definition) is 0. The van der Waals surface area contributed by atoms with Gasteiger partial charge in [0.15, 0.2) is 0 Å². The average molecular weight is 224 g/mol. The lowest BCUT2D eigenvalue weighted by Crippen LogP contribution is -2.32. The lowest BCUT2D eigenvalue weighted by atomic mass is 10.0. The molecule has 0 aliphatic carbocycles. The zero-order chi connectivity index (χ0) is 11.8. The Labute approximate surface area is 102 Å². The fourth-order valence-corrected chi connectivity index (χ4v) is 2.46. The number of benzene rings is 2. The quantitative estimate of drug-likeness (QED) is 0.733. The highest BCUT2D eigenvalue weighted by atomic mass is 15.6. The van der Waals surface area contributed by atoms with E-state index in [0.29, 0.717) is 0 Å². The Kier molecular flexibility index (Phi) is 2.29. The van der Waals surface area contributed by atoms with Crippen LogP contribution in [0.3, 0.4) is 0 Å². The molecule has 0 saturated carbocycles. The van der Waals surface area contributed by atoms with Crippen LogP contribution in [0.15, 0.2) is 48.7 Å². The predicted molar refractivity (Wildman–Crippen MR) is 72.9 cm³/mol. The third-order valence-electron chi connectivity index (χ3n) is 3.34. The van der Waals surface area contributed by atoms with Gasteiger partial charge in [0.05, 0.1) is 12.2 Å². The zero-order valence-electron chi connectivity index (χ0n) is 10.2. The number of fused-ring (bicyclic) bond motifs is 1. The van der Waals surface area contributed by atoms with Crippen LogP contribution in [0.5, 0.6) is 0 Å². The first-order valence-electron chi connectivity index (χ1n) is 5.92. The maximum atomic E-state index is 2.30. The first-order chi connectivity index (χ1) is 8.27. The van der Waals surface area contributed by atoms with Crippen molar-refractivity contribution >= 4 is 16.5 Å². The van der Waals surface area contributed by atoms with Crippen molar-refractivity contribution in [3.05, 3.63) is 54.2 Å². The Hall–Kier alpha value is -1.96. The summed E-state index contributed by atoms with van der Waals surface area (Å²) < 4.78 is 0. The molecule has 2 nitrogen and oxygen atoms in total. The van der Waals surface area contributed by atoms with E-state index >= 15 is 0 Å². The monoisotopic (exact) mass is 224 g/mol. The SMILES string of the molecule is Cc1ccc2ccccc2c1N1CC=CN1C. The molecular formula is C15H16N2. The van der Waals surface area contributed by atoms with E-state index in [-0.39, 0.29) is 0 Å². The van der Waals surface area contributed by atoms with E-state index in [2.05, 4.69) is 72.7 Å². The molecular weight excluding hydrogens is 208 g/mol. The number of anilines is 1. The van der Waals surface area contributed by atoms with Crippen LogP contribution in [0, 0.1) is 6.92 Å². The highest BCUT2D eigenvalue weighted by Crippen LogP contribution is 2.32. The second-order valence-corrected chi connectivity index (χ2v) is 4.49. The Morgan fingerprint density at radius 3 is 2.65 bits per heavy atom. The van der Waals surface area contributed by atoms with Crippen LogP contribution in [-0.2, 0) is 0 Å². The Balaban J connectivity index is 2.23. The summed E-state index contributed by atoms with van der Waals surface area (Å²) in [7, 11) is 2.09. The molecule has 0 N–H and O–H groups in total. The number of hydrogen-bond acceptors (Lipinski definition) is 2. The van der Waals surface area contributed by atoms with Crippen molar-refractivity contribution in [2.24, 2.45) is 0 Å². The lowest BCUT2D eigenvalue weighted by Gasteiger charge is -2.30. The summed E-state index contributed by atoms with van der Waals surface area (Å²) in [5, 5.41) is 7.07. The van der Waals surface area contributed by atoms with Gasteiger partial charge < -0.3 is 0 Å². The molecule has 1 heterocycles. The van der Waals surface area contributed by atoms with Crippen molar-refractivity contribution in [1.82, 2.24) is 5.01 Å². The normalized spacial score (nSPS) is 14.9. The zero-order valence-corrected chi connectivity index (χ0v) is 10.2. The lowest BCUT2D eigenvalue weighted by molar-refractivity contribution is 0.456. The third kappa shape index (κ3) is 1.57. The molecule has 3 rings (SSSR count). The summed E-state index contributed by atoms with van der Waals surface area (Å²) in [6, 6.07) is 13.0. The summed E-state index contributed by atoms with van der Waals surface area (Å²) in [5.74, 6) is 0. The molecule has 0 spiro atoms. The van der Waals surface area contributed by atoms with E-state index in [1.807, 2.05) is 0 Å². The van der Waals surface area contributed by atoms with Gasteiger partial charge in [0.25, 0.3) is 0 Å². The number of nitrogens with zero attached hydrogens (tertiary/aromatic N) is 2. The van der Waals surface area contributed by atoms with Crippen LogP contribution in [-0.4, -0.2) is 18.6 Å². The van der Waals surface area contributed by atoms with Crippen LogP contribution in [0.1, 0.15) is 5.56 Å². The minimum absolute atomic E-state index is 0.950. The fourth-order valence-electron chi connectivity index (χ4n) is 2.46. The van der Waals surface area contributed by atoms with Crippen molar-refractivity contribution in [3.63, 3.8) is 0 Å². The second-order valence-electron chi connectivity index (χ2n) is 4.49. The van der Waals surface area contributed by atoms with E-state index in [4.69, 9.17) is 0 Å². The van der Waals surface area contributed by atoms with Crippen molar-refractivity contribution in [1.29, 1.82) is 0 Å². The maximum absolute atomic E-state index is 2.30. The van der Waals surface area contributed by atoms with Gasteiger partial charge in [-0.3, -0.25) is 10.0 Å². The molecule has 0 amide bonds. The second kappa shape index (κ2) is 3.81.